The molecule has 1 heterocycles. The fourth-order valence-corrected chi connectivity index (χ4v) is 5.48. The smallest absolute Gasteiger partial charge is 0.279 e. The number of hydrogen-bond donors (Lipinski definition) is 1. The van der Waals surface area contributed by atoms with Crippen molar-refractivity contribution in [2.24, 2.45) is 4.99 Å². The first-order chi connectivity index (χ1) is 16.3. The van der Waals surface area contributed by atoms with Crippen molar-refractivity contribution in [3.05, 3.63) is 87.9 Å². The number of amides is 1. The zero-order chi connectivity index (χ0) is 24.3. The molecule has 0 atom stereocenters. The van der Waals surface area contributed by atoms with Crippen molar-refractivity contribution in [2.45, 2.75) is 11.4 Å². The number of halogens is 2. The molecule has 11 heteroatoms. The molecule has 1 aromatic heterocycles. The number of hydrogen-bond acceptors (Lipinski definition) is 5. The zero-order valence-electron chi connectivity index (χ0n) is 17.9. The van der Waals surface area contributed by atoms with Crippen LogP contribution in [-0.4, -0.2) is 32.6 Å². The van der Waals surface area contributed by atoms with Crippen molar-refractivity contribution in [3.63, 3.8) is 0 Å². The van der Waals surface area contributed by atoms with Crippen molar-refractivity contribution in [1.29, 1.82) is 0 Å². The number of nitrogens with zero attached hydrogens (tertiary/aromatic N) is 2. The largest absolute Gasteiger partial charge is 0.383 e. The maximum absolute atomic E-state index is 13.7. The van der Waals surface area contributed by atoms with Crippen molar-refractivity contribution in [2.75, 3.05) is 18.4 Å². The van der Waals surface area contributed by atoms with Gasteiger partial charge in [-0.1, -0.05) is 29.0 Å². The summed E-state index contributed by atoms with van der Waals surface area (Å²) in [7, 11) is -2.31. The summed E-state index contributed by atoms with van der Waals surface area (Å²) in [4.78, 5) is 17.6. The Hall–Kier alpha value is -3.05. The van der Waals surface area contributed by atoms with Crippen LogP contribution < -0.4 is 9.52 Å². The highest BCUT2D eigenvalue weighted by atomic mass is 35.5. The minimum Gasteiger partial charge on any atom is -0.383 e. The molecule has 3 aromatic carbocycles. The number of rotatable bonds is 7. The van der Waals surface area contributed by atoms with Gasteiger partial charge in [0.1, 0.15) is 5.82 Å². The van der Waals surface area contributed by atoms with E-state index in [-0.39, 0.29) is 22.0 Å². The van der Waals surface area contributed by atoms with Gasteiger partial charge in [-0.2, -0.15) is 4.99 Å². The number of benzene rings is 3. The van der Waals surface area contributed by atoms with Gasteiger partial charge in [-0.25, -0.2) is 12.8 Å². The van der Waals surface area contributed by atoms with Gasteiger partial charge in [0.2, 0.25) is 0 Å². The summed E-state index contributed by atoms with van der Waals surface area (Å²) in [5, 5.41) is 0.417. The van der Waals surface area contributed by atoms with Crippen molar-refractivity contribution in [3.8, 4) is 0 Å². The fourth-order valence-electron chi connectivity index (χ4n) is 3.23. The summed E-state index contributed by atoms with van der Waals surface area (Å²) in [5.41, 5.74) is 1.14. The summed E-state index contributed by atoms with van der Waals surface area (Å²) in [6.45, 7) is 0.807. The standard InChI is InChI=1S/C23H19ClFN3O4S2/c1-32-12-11-28-20-10-7-17(25)14-21(20)33-23(28)26-22(29)15-3-2-4-18(13-15)27-34(30,31)19-8-5-16(24)6-9-19/h2-10,13-14,27H,11-12H2,1H3. The Bertz CT molecular complexity index is 1530. The molecule has 0 aliphatic heterocycles. The van der Waals surface area contributed by atoms with Crippen LogP contribution in [0.3, 0.4) is 0 Å². The number of carbonyl (C=O) groups excluding carboxylic acids is 1. The molecule has 0 saturated carbocycles. The SMILES string of the molecule is COCCn1c(=NC(=O)c2cccc(NS(=O)(=O)c3ccc(Cl)cc3)c2)sc2cc(F)ccc21. The Balaban J connectivity index is 1.66. The van der Waals surface area contributed by atoms with E-state index < -0.39 is 15.9 Å². The number of fused-ring (bicyclic) bond motifs is 1. The molecule has 1 N–H and O–H groups in total. The Morgan fingerprint density at radius 1 is 1.15 bits per heavy atom. The lowest BCUT2D eigenvalue weighted by Gasteiger charge is -2.09. The number of methoxy groups -OCH3 is 1. The molecular formula is C23H19ClFN3O4S2. The molecule has 0 saturated heterocycles. The molecule has 0 fully saturated rings. The van der Waals surface area contributed by atoms with Crippen LogP contribution in [0.5, 0.6) is 0 Å². The molecule has 0 aliphatic carbocycles. The molecule has 4 rings (SSSR count). The van der Waals surface area contributed by atoms with Gasteiger partial charge in [-0.05, 0) is 60.7 Å². The molecule has 0 bridgehead atoms. The first-order valence-electron chi connectivity index (χ1n) is 10.0. The van der Waals surface area contributed by atoms with E-state index in [9.17, 15) is 17.6 Å². The Labute approximate surface area is 204 Å². The highest BCUT2D eigenvalue weighted by Crippen LogP contribution is 2.21. The third kappa shape index (κ3) is 5.36. The Kier molecular flexibility index (Phi) is 7.13. The summed E-state index contributed by atoms with van der Waals surface area (Å²) >= 11 is 7.01. The number of anilines is 1. The second-order valence-electron chi connectivity index (χ2n) is 7.20. The van der Waals surface area contributed by atoms with Crippen LogP contribution in [0.25, 0.3) is 10.2 Å². The molecule has 0 unspecified atom stereocenters. The number of ether oxygens (including phenoxy) is 1. The van der Waals surface area contributed by atoms with E-state index in [0.29, 0.717) is 27.7 Å². The topological polar surface area (TPSA) is 89.8 Å². The monoisotopic (exact) mass is 519 g/mol. The van der Waals surface area contributed by atoms with E-state index in [2.05, 4.69) is 9.71 Å². The van der Waals surface area contributed by atoms with E-state index in [0.717, 1.165) is 5.52 Å². The maximum Gasteiger partial charge on any atom is 0.279 e. The van der Waals surface area contributed by atoms with E-state index >= 15 is 0 Å². The Morgan fingerprint density at radius 3 is 2.65 bits per heavy atom. The van der Waals surface area contributed by atoms with Gasteiger partial charge in [0.05, 0.1) is 21.7 Å². The normalized spacial score (nSPS) is 12.3. The molecule has 176 valence electrons. The molecule has 0 radical (unpaired) electrons. The second-order valence-corrected chi connectivity index (χ2v) is 10.3. The first kappa shape index (κ1) is 24.1. The zero-order valence-corrected chi connectivity index (χ0v) is 20.3. The molecule has 4 aromatic rings. The quantitative estimate of drug-likeness (QED) is 0.384. The average Bonchev–Trinajstić information content (AvgIpc) is 3.13. The van der Waals surface area contributed by atoms with Crippen molar-refractivity contribution in [1.82, 2.24) is 4.57 Å². The predicted molar refractivity (Wildman–Crippen MR) is 130 cm³/mol. The van der Waals surface area contributed by atoms with Crippen molar-refractivity contribution < 1.29 is 22.3 Å². The van der Waals surface area contributed by atoms with E-state index in [1.165, 1.54) is 59.9 Å². The van der Waals surface area contributed by atoms with Gasteiger partial charge in [-0.15, -0.1) is 0 Å². The van der Waals surface area contributed by atoms with Gasteiger partial charge >= 0.3 is 0 Å². The van der Waals surface area contributed by atoms with Gasteiger partial charge < -0.3 is 9.30 Å². The fraction of sp³-hybridized carbons (Fsp3) is 0.130. The van der Waals surface area contributed by atoms with Crippen LogP contribution in [0.2, 0.25) is 5.02 Å². The minimum absolute atomic E-state index is 0.0370. The second kappa shape index (κ2) is 10.1. The Morgan fingerprint density at radius 2 is 1.91 bits per heavy atom. The van der Waals surface area contributed by atoms with Crippen LogP contribution in [0, 0.1) is 5.82 Å². The number of nitrogens with one attached hydrogen (secondary N) is 1. The number of sulfonamides is 1. The van der Waals surface area contributed by atoms with Gasteiger partial charge in [-0.3, -0.25) is 9.52 Å². The maximum atomic E-state index is 13.7. The van der Waals surface area contributed by atoms with Gasteiger partial charge in [0.15, 0.2) is 4.80 Å². The predicted octanol–water partition coefficient (Wildman–Crippen LogP) is 4.68. The summed E-state index contributed by atoms with van der Waals surface area (Å²) in [5.74, 6) is -0.947. The lowest BCUT2D eigenvalue weighted by atomic mass is 10.2. The molecule has 34 heavy (non-hydrogen) atoms. The third-order valence-electron chi connectivity index (χ3n) is 4.85. The van der Waals surface area contributed by atoms with Crippen LogP contribution in [0.1, 0.15) is 10.4 Å². The van der Waals surface area contributed by atoms with Crippen LogP contribution in [-0.2, 0) is 21.3 Å². The number of thiazole rings is 1. The number of carbonyl (C=O) groups is 1. The highest BCUT2D eigenvalue weighted by molar-refractivity contribution is 7.92. The highest BCUT2D eigenvalue weighted by Gasteiger charge is 2.16. The molecular weight excluding hydrogens is 501 g/mol. The first-order valence-corrected chi connectivity index (χ1v) is 12.7. The van der Waals surface area contributed by atoms with E-state index in [4.69, 9.17) is 16.3 Å². The van der Waals surface area contributed by atoms with Crippen LogP contribution >= 0.6 is 22.9 Å². The summed E-state index contributed by atoms with van der Waals surface area (Å²) in [6.07, 6.45) is 0. The molecule has 0 aliphatic rings. The van der Waals surface area contributed by atoms with Gasteiger partial charge in [0.25, 0.3) is 15.9 Å². The van der Waals surface area contributed by atoms with Gasteiger partial charge in [0, 0.05) is 29.9 Å². The van der Waals surface area contributed by atoms with E-state index in [1.54, 1.807) is 29.9 Å². The summed E-state index contributed by atoms with van der Waals surface area (Å²) in [6, 6.07) is 16.1. The minimum atomic E-state index is -3.87. The van der Waals surface area contributed by atoms with E-state index in [1.807, 2.05) is 0 Å². The van der Waals surface area contributed by atoms with Crippen LogP contribution in [0.4, 0.5) is 10.1 Å². The third-order valence-corrected chi connectivity index (χ3v) is 7.54. The summed E-state index contributed by atoms with van der Waals surface area (Å²) < 4.78 is 49.0. The van der Waals surface area contributed by atoms with Crippen LogP contribution in [0.15, 0.2) is 76.6 Å². The molecule has 7 nitrogen and oxygen atoms in total. The van der Waals surface area contributed by atoms with Crippen molar-refractivity contribution >= 4 is 54.8 Å². The molecule has 1 amide bonds. The number of aromatic nitrogens is 1. The molecule has 0 spiro atoms. The average molecular weight is 520 g/mol. The lowest BCUT2D eigenvalue weighted by molar-refractivity contribution is 0.0997. The lowest BCUT2D eigenvalue weighted by Crippen LogP contribution is -2.19.